The number of carbonyl (C=O) groups excluding carboxylic acids is 1. The topological polar surface area (TPSA) is 117 Å². The Balaban J connectivity index is 1.81. The first kappa shape index (κ1) is 15.7. The number of aromatic amines is 1. The van der Waals surface area contributed by atoms with E-state index >= 15 is 0 Å². The van der Waals surface area contributed by atoms with Crippen molar-refractivity contribution in [2.24, 2.45) is 0 Å². The van der Waals surface area contributed by atoms with E-state index in [0.717, 1.165) is 0 Å². The predicted molar refractivity (Wildman–Crippen MR) is 87.1 cm³/mol. The number of aromatic nitrogens is 3. The molecule has 8 heteroatoms. The van der Waals surface area contributed by atoms with Crippen molar-refractivity contribution in [3.05, 3.63) is 46.4 Å². The summed E-state index contributed by atoms with van der Waals surface area (Å²) < 4.78 is 1.52. The van der Waals surface area contributed by atoms with Gasteiger partial charge in [-0.3, -0.25) is 14.4 Å². The third-order valence-electron chi connectivity index (χ3n) is 3.73. The molecule has 1 amide bonds. The van der Waals surface area contributed by atoms with Crippen molar-refractivity contribution >= 4 is 28.4 Å². The lowest BCUT2D eigenvalue weighted by Crippen LogP contribution is -2.25. The first-order valence-electron chi connectivity index (χ1n) is 7.56. The van der Waals surface area contributed by atoms with Gasteiger partial charge < -0.3 is 15.4 Å². The number of carbonyl (C=O) groups is 2. The molecule has 2 heterocycles. The highest BCUT2D eigenvalue weighted by molar-refractivity contribution is 6.00. The van der Waals surface area contributed by atoms with Crippen molar-refractivity contribution < 1.29 is 14.7 Å². The highest BCUT2D eigenvalue weighted by Crippen LogP contribution is 2.14. The van der Waals surface area contributed by atoms with Crippen LogP contribution in [0.25, 0.3) is 16.6 Å². The molecule has 3 N–H and O–H groups in total. The third kappa shape index (κ3) is 2.98. The van der Waals surface area contributed by atoms with Crippen LogP contribution in [0.15, 0.2) is 35.3 Å². The molecule has 0 unspecified atom stereocenters. The summed E-state index contributed by atoms with van der Waals surface area (Å²) in [7, 11) is 0. The highest BCUT2D eigenvalue weighted by Gasteiger charge is 2.15. The lowest BCUT2D eigenvalue weighted by molar-refractivity contribution is -0.137. The maximum atomic E-state index is 12.3. The van der Waals surface area contributed by atoms with Crippen molar-refractivity contribution in [2.75, 3.05) is 6.54 Å². The average molecular weight is 328 g/mol. The number of hydrogen-bond donors (Lipinski definition) is 3. The number of H-pyrrole nitrogens is 1. The molecule has 0 aliphatic carbocycles. The van der Waals surface area contributed by atoms with Crippen LogP contribution in [0.3, 0.4) is 0 Å². The number of benzene rings is 1. The van der Waals surface area contributed by atoms with Crippen LogP contribution in [0.1, 0.15) is 29.6 Å². The number of amides is 1. The van der Waals surface area contributed by atoms with Gasteiger partial charge in [0.1, 0.15) is 11.2 Å². The Morgan fingerprint density at radius 2 is 2.04 bits per heavy atom. The van der Waals surface area contributed by atoms with Gasteiger partial charge in [-0.05, 0) is 25.0 Å². The van der Waals surface area contributed by atoms with E-state index in [9.17, 15) is 14.4 Å². The summed E-state index contributed by atoms with van der Waals surface area (Å²) >= 11 is 0. The van der Waals surface area contributed by atoms with Gasteiger partial charge in [0.2, 0.25) is 0 Å². The normalized spacial score (nSPS) is 11.0. The van der Waals surface area contributed by atoms with Crippen molar-refractivity contribution in [1.82, 2.24) is 19.9 Å². The molecule has 0 radical (unpaired) electrons. The number of nitrogens with zero attached hydrogens (tertiary/aromatic N) is 2. The quantitative estimate of drug-likeness (QED) is 0.587. The zero-order chi connectivity index (χ0) is 17.1. The molecule has 0 bridgehead atoms. The molecule has 0 fully saturated rings. The molecule has 2 aromatic heterocycles. The van der Waals surface area contributed by atoms with E-state index in [1.807, 2.05) is 0 Å². The molecule has 1 aromatic carbocycles. The van der Waals surface area contributed by atoms with Gasteiger partial charge in [0, 0.05) is 13.0 Å². The molecule has 0 atom stereocenters. The monoisotopic (exact) mass is 328 g/mol. The Morgan fingerprint density at radius 3 is 2.83 bits per heavy atom. The number of para-hydroxylation sites is 1. The maximum absolute atomic E-state index is 12.3. The Kier molecular flexibility index (Phi) is 4.28. The minimum absolute atomic E-state index is 0.0753. The average Bonchev–Trinajstić information content (AvgIpc) is 2.98. The van der Waals surface area contributed by atoms with Gasteiger partial charge in [-0.1, -0.05) is 12.1 Å². The minimum atomic E-state index is -0.853. The van der Waals surface area contributed by atoms with Gasteiger partial charge in [-0.15, -0.1) is 0 Å². The Hall–Kier alpha value is -3.16. The summed E-state index contributed by atoms with van der Waals surface area (Å²) in [5.74, 6) is -1.21. The van der Waals surface area contributed by atoms with Crippen LogP contribution in [-0.4, -0.2) is 38.1 Å². The van der Waals surface area contributed by atoms with Gasteiger partial charge in [-0.2, -0.15) is 5.10 Å². The zero-order valence-corrected chi connectivity index (χ0v) is 12.8. The summed E-state index contributed by atoms with van der Waals surface area (Å²) in [6.45, 7) is 0.362. The second kappa shape index (κ2) is 6.53. The molecular formula is C16H16N4O4. The van der Waals surface area contributed by atoms with Crippen molar-refractivity contribution in [3.63, 3.8) is 0 Å². The molecule has 24 heavy (non-hydrogen) atoms. The molecule has 0 aliphatic heterocycles. The Labute approximate surface area is 136 Å². The first-order valence-corrected chi connectivity index (χ1v) is 7.56. The lowest BCUT2D eigenvalue weighted by Gasteiger charge is -2.04. The number of unbranched alkanes of at least 4 members (excludes halogenated alkanes) is 1. The highest BCUT2D eigenvalue weighted by atomic mass is 16.4. The van der Waals surface area contributed by atoms with Crippen LogP contribution in [0.4, 0.5) is 0 Å². The van der Waals surface area contributed by atoms with Crippen LogP contribution in [0.2, 0.25) is 0 Å². The molecule has 8 nitrogen and oxygen atoms in total. The maximum Gasteiger partial charge on any atom is 0.303 e. The molecule has 0 saturated carbocycles. The largest absolute Gasteiger partial charge is 0.481 e. The van der Waals surface area contributed by atoms with E-state index in [0.29, 0.717) is 35.9 Å². The van der Waals surface area contributed by atoms with Crippen molar-refractivity contribution in [3.8, 4) is 0 Å². The number of nitrogens with one attached hydrogen (secondary N) is 2. The zero-order valence-electron chi connectivity index (χ0n) is 12.8. The van der Waals surface area contributed by atoms with Crippen LogP contribution >= 0.6 is 0 Å². The third-order valence-corrected chi connectivity index (χ3v) is 3.73. The van der Waals surface area contributed by atoms with Crippen LogP contribution in [-0.2, 0) is 4.79 Å². The molecule has 124 valence electrons. The van der Waals surface area contributed by atoms with Gasteiger partial charge in [0.25, 0.3) is 11.5 Å². The molecule has 0 saturated heterocycles. The van der Waals surface area contributed by atoms with E-state index in [1.54, 1.807) is 24.3 Å². The fraction of sp³-hybridized carbons (Fsp3) is 0.250. The van der Waals surface area contributed by atoms with Crippen LogP contribution in [0.5, 0.6) is 0 Å². The molecule has 3 aromatic rings. The fourth-order valence-electron chi connectivity index (χ4n) is 2.54. The SMILES string of the molecule is O=C(O)CCCCNC(=O)c1cnn2c1[nH]c(=O)c1ccccc12. The first-order chi connectivity index (χ1) is 11.6. The second-order valence-corrected chi connectivity index (χ2v) is 5.40. The number of hydrogen-bond acceptors (Lipinski definition) is 4. The number of fused-ring (bicyclic) bond motifs is 3. The summed E-state index contributed by atoms with van der Waals surface area (Å²) in [5.41, 5.74) is 0.948. The van der Waals surface area contributed by atoms with Gasteiger partial charge >= 0.3 is 5.97 Å². The second-order valence-electron chi connectivity index (χ2n) is 5.40. The van der Waals surface area contributed by atoms with Crippen LogP contribution < -0.4 is 10.9 Å². The number of carboxylic acids is 1. The standard InChI is InChI=1S/C16H16N4O4/c21-13(22)7-3-4-8-17-15(23)11-9-18-20-12-6-2-1-5-10(12)16(24)19-14(11)20/h1-2,5-6,9H,3-4,7-8H2,(H,17,23)(H,19,24)(H,21,22). The fourth-order valence-corrected chi connectivity index (χ4v) is 2.54. The van der Waals surface area contributed by atoms with Crippen molar-refractivity contribution in [2.45, 2.75) is 19.3 Å². The van der Waals surface area contributed by atoms with E-state index in [1.165, 1.54) is 10.7 Å². The summed E-state index contributed by atoms with van der Waals surface area (Å²) in [5, 5.41) is 16.0. The number of rotatable bonds is 6. The molecular weight excluding hydrogens is 312 g/mol. The van der Waals surface area contributed by atoms with Gasteiger partial charge in [-0.25, -0.2) is 4.52 Å². The number of aliphatic carboxylic acids is 1. The number of carboxylic acid groups (broad SMARTS) is 1. The van der Waals surface area contributed by atoms with Crippen molar-refractivity contribution in [1.29, 1.82) is 0 Å². The summed E-state index contributed by atoms with van der Waals surface area (Å²) in [4.78, 5) is 37.5. The lowest BCUT2D eigenvalue weighted by atomic mass is 10.2. The molecule has 0 aliphatic rings. The van der Waals surface area contributed by atoms with Gasteiger partial charge in [0.05, 0.1) is 17.1 Å². The minimum Gasteiger partial charge on any atom is -0.481 e. The summed E-state index contributed by atoms with van der Waals surface area (Å²) in [6, 6.07) is 7.01. The van der Waals surface area contributed by atoms with Gasteiger partial charge in [0.15, 0.2) is 0 Å². The van der Waals surface area contributed by atoms with E-state index < -0.39 is 5.97 Å². The van der Waals surface area contributed by atoms with E-state index in [4.69, 9.17) is 5.11 Å². The summed E-state index contributed by atoms with van der Waals surface area (Å²) in [6.07, 6.45) is 2.54. The van der Waals surface area contributed by atoms with Crippen LogP contribution in [0, 0.1) is 0 Å². The molecule has 0 spiro atoms. The molecule has 3 rings (SSSR count). The smallest absolute Gasteiger partial charge is 0.303 e. The predicted octanol–water partition coefficient (Wildman–Crippen LogP) is 1.16. The Morgan fingerprint density at radius 1 is 1.25 bits per heavy atom. The Bertz CT molecular complexity index is 973. The van der Waals surface area contributed by atoms with E-state index in [-0.39, 0.29) is 23.5 Å². The van der Waals surface area contributed by atoms with E-state index in [2.05, 4.69) is 15.4 Å².